The van der Waals surface area contributed by atoms with Gasteiger partial charge in [0.05, 0.1) is 12.0 Å². The smallest absolute Gasteiger partial charge is 0.243 e. The molecule has 11 heteroatoms. The minimum atomic E-state index is -3.69. The minimum Gasteiger partial charge on any atom is -0.497 e. The summed E-state index contributed by atoms with van der Waals surface area (Å²) in [5.74, 6) is 2.51. The average molecular weight is 554 g/mol. The Hall–Kier alpha value is -3.44. The molecular formula is C28H35N5O5S. The maximum Gasteiger partial charge on any atom is 0.243 e. The highest BCUT2D eigenvalue weighted by Gasteiger charge is 2.39. The van der Waals surface area contributed by atoms with Gasteiger partial charge in [-0.2, -0.15) is 9.29 Å². The SMILES string of the molecule is COc1cc(C)c(S(=O)(=O)N(CCOc2ccnc(N3CCC(Oc4ccncc4)CC3)n2)C2CC2)c(C)c1. The van der Waals surface area contributed by atoms with Crippen LogP contribution in [-0.2, 0) is 10.0 Å². The number of nitrogens with zero attached hydrogens (tertiary/aromatic N) is 5. The molecule has 0 unspecified atom stereocenters. The Balaban J connectivity index is 1.19. The normalized spacial score (nSPS) is 16.4. The van der Waals surface area contributed by atoms with Gasteiger partial charge in [0.1, 0.15) is 24.2 Å². The van der Waals surface area contributed by atoms with E-state index >= 15 is 0 Å². The fraction of sp³-hybridized carbons (Fsp3) is 0.464. The Morgan fingerprint density at radius 2 is 1.67 bits per heavy atom. The van der Waals surface area contributed by atoms with E-state index in [0.29, 0.717) is 33.6 Å². The molecule has 39 heavy (non-hydrogen) atoms. The van der Waals surface area contributed by atoms with Crippen LogP contribution in [0.5, 0.6) is 17.4 Å². The summed E-state index contributed by atoms with van der Waals surface area (Å²) in [4.78, 5) is 15.5. The summed E-state index contributed by atoms with van der Waals surface area (Å²) in [6.45, 7) is 5.60. The summed E-state index contributed by atoms with van der Waals surface area (Å²) in [5, 5.41) is 0. The van der Waals surface area contributed by atoms with E-state index in [1.165, 1.54) is 0 Å². The molecule has 0 amide bonds. The summed E-state index contributed by atoms with van der Waals surface area (Å²) < 4.78 is 46.2. The van der Waals surface area contributed by atoms with Gasteiger partial charge in [0.15, 0.2) is 0 Å². The van der Waals surface area contributed by atoms with Gasteiger partial charge in [0, 0.05) is 63.2 Å². The molecule has 2 aromatic heterocycles. The second kappa shape index (κ2) is 11.7. The van der Waals surface area contributed by atoms with Crippen LogP contribution in [0.1, 0.15) is 36.8 Å². The summed E-state index contributed by atoms with van der Waals surface area (Å²) in [6.07, 6.45) is 8.68. The van der Waals surface area contributed by atoms with Crippen molar-refractivity contribution in [1.29, 1.82) is 0 Å². The molecule has 0 atom stereocenters. The highest BCUT2D eigenvalue weighted by Crippen LogP contribution is 2.35. The number of ether oxygens (including phenoxy) is 3. The number of rotatable bonds is 11. The van der Waals surface area contributed by atoms with Gasteiger partial charge in [0.25, 0.3) is 0 Å². The predicted octanol–water partition coefficient (Wildman–Crippen LogP) is 3.78. The molecule has 1 aromatic carbocycles. The van der Waals surface area contributed by atoms with E-state index in [4.69, 9.17) is 14.2 Å². The molecule has 208 valence electrons. The molecule has 3 aromatic rings. The number of anilines is 1. The Bertz CT molecular complexity index is 1350. The molecule has 1 saturated carbocycles. The van der Waals surface area contributed by atoms with Crippen molar-refractivity contribution in [2.75, 3.05) is 38.3 Å². The summed E-state index contributed by atoms with van der Waals surface area (Å²) in [7, 11) is -2.11. The van der Waals surface area contributed by atoms with E-state index in [1.807, 2.05) is 12.1 Å². The lowest BCUT2D eigenvalue weighted by molar-refractivity contribution is 0.170. The third-order valence-corrected chi connectivity index (χ3v) is 9.30. The molecule has 1 aliphatic carbocycles. The fourth-order valence-electron chi connectivity index (χ4n) is 5.00. The molecule has 3 heterocycles. The molecular weight excluding hydrogens is 518 g/mol. The third kappa shape index (κ3) is 6.42. The molecule has 5 rings (SSSR count). The predicted molar refractivity (Wildman–Crippen MR) is 147 cm³/mol. The molecule has 0 radical (unpaired) electrons. The van der Waals surface area contributed by atoms with Crippen molar-refractivity contribution in [1.82, 2.24) is 19.3 Å². The van der Waals surface area contributed by atoms with Crippen molar-refractivity contribution in [3.8, 4) is 17.4 Å². The highest BCUT2D eigenvalue weighted by atomic mass is 32.2. The first-order chi connectivity index (χ1) is 18.8. The minimum absolute atomic E-state index is 0.00359. The van der Waals surface area contributed by atoms with Gasteiger partial charge < -0.3 is 19.1 Å². The number of piperidine rings is 1. The maximum absolute atomic E-state index is 13.7. The van der Waals surface area contributed by atoms with Gasteiger partial charge in [-0.1, -0.05) is 0 Å². The Morgan fingerprint density at radius 1 is 0.974 bits per heavy atom. The molecule has 1 saturated heterocycles. The van der Waals surface area contributed by atoms with Crippen LogP contribution >= 0.6 is 0 Å². The van der Waals surface area contributed by atoms with Crippen LogP contribution in [-0.4, -0.2) is 73.2 Å². The zero-order valence-electron chi connectivity index (χ0n) is 22.6. The van der Waals surface area contributed by atoms with E-state index in [-0.39, 0.29) is 25.3 Å². The average Bonchev–Trinajstić information content (AvgIpc) is 3.77. The standard InChI is InChI=1S/C28H35N5O5S/c1-20-18-25(36-3)19-21(2)27(20)39(34,35)33(22-4-5-22)16-17-37-26-8-13-30-28(31-26)32-14-9-24(10-15-32)38-23-6-11-29-12-7-23/h6-8,11-13,18-19,22,24H,4-5,9-10,14-17H2,1-3H3. The van der Waals surface area contributed by atoms with Crippen LogP contribution in [0, 0.1) is 13.8 Å². The lowest BCUT2D eigenvalue weighted by Gasteiger charge is -2.32. The van der Waals surface area contributed by atoms with Gasteiger partial charge >= 0.3 is 0 Å². The number of sulfonamides is 1. The first kappa shape index (κ1) is 27.1. The molecule has 0 spiro atoms. The largest absolute Gasteiger partial charge is 0.497 e. The molecule has 0 bridgehead atoms. The summed E-state index contributed by atoms with van der Waals surface area (Å²) in [5.41, 5.74) is 1.35. The number of aromatic nitrogens is 3. The Kier molecular flexibility index (Phi) is 8.18. The Labute approximate surface area is 230 Å². The monoisotopic (exact) mass is 553 g/mol. The number of methoxy groups -OCH3 is 1. The highest BCUT2D eigenvalue weighted by molar-refractivity contribution is 7.89. The van der Waals surface area contributed by atoms with Crippen LogP contribution < -0.4 is 19.1 Å². The van der Waals surface area contributed by atoms with Crippen molar-refractivity contribution in [3.05, 3.63) is 60.0 Å². The number of hydrogen-bond donors (Lipinski definition) is 0. The lowest BCUT2D eigenvalue weighted by Crippen LogP contribution is -2.39. The van der Waals surface area contributed by atoms with Gasteiger partial charge in [-0.25, -0.2) is 13.4 Å². The van der Waals surface area contributed by atoms with E-state index in [0.717, 1.165) is 44.5 Å². The lowest BCUT2D eigenvalue weighted by atomic mass is 10.1. The van der Waals surface area contributed by atoms with Gasteiger partial charge in [-0.05, 0) is 62.1 Å². The van der Waals surface area contributed by atoms with E-state index in [9.17, 15) is 8.42 Å². The molecule has 1 aliphatic heterocycles. The van der Waals surface area contributed by atoms with Crippen molar-refractivity contribution < 1.29 is 22.6 Å². The third-order valence-electron chi connectivity index (χ3n) is 7.05. The summed E-state index contributed by atoms with van der Waals surface area (Å²) >= 11 is 0. The zero-order chi connectivity index (χ0) is 27.4. The van der Waals surface area contributed by atoms with Gasteiger partial charge in [-0.15, -0.1) is 0 Å². The van der Waals surface area contributed by atoms with Crippen molar-refractivity contribution >= 4 is 16.0 Å². The first-order valence-corrected chi connectivity index (χ1v) is 14.7. The van der Waals surface area contributed by atoms with Crippen LogP contribution in [0.25, 0.3) is 0 Å². The first-order valence-electron chi connectivity index (χ1n) is 13.3. The topological polar surface area (TPSA) is 107 Å². The van der Waals surface area contributed by atoms with Crippen molar-refractivity contribution in [2.45, 2.75) is 56.6 Å². The molecule has 10 nitrogen and oxygen atoms in total. The maximum atomic E-state index is 13.7. The number of hydrogen-bond acceptors (Lipinski definition) is 9. The fourth-order valence-corrected chi connectivity index (χ4v) is 7.09. The van der Waals surface area contributed by atoms with Crippen molar-refractivity contribution in [3.63, 3.8) is 0 Å². The van der Waals surface area contributed by atoms with Crippen LogP contribution in [0.4, 0.5) is 5.95 Å². The number of aryl methyl sites for hydroxylation is 2. The summed E-state index contributed by atoms with van der Waals surface area (Å²) in [6, 6.07) is 8.96. The van der Waals surface area contributed by atoms with E-state index in [1.54, 1.807) is 62.1 Å². The molecule has 2 fully saturated rings. The van der Waals surface area contributed by atoms with E-state index in [2.05, 4.69) is 19.9 Å². The van der Waals surface area contributed by atoms with Crippen molar-refractivity contribution in [2.24, 2.45) is 0 Å². The zero-order valence-corrected chi connectivity index (χ0v) is 23.4. The van der Waals surface area contributed by atoms with Crippen LogP contribution in [0.3, 0.4) is 0 Å². The van der Waals surface area contributed by atoms with Gasteiger partial charge in [-0.3, -0.25) is 4.98 Å². The Morgan fingerprint density at radius 3 is 2.31 bits per heavy atom. The quantitative estimate of drug-likeness (QED) is 0.351. The number of pyridine rings is 1. The van der Waals surface area contributed by atoms with E-state index < -0.39 is 10.0 Å². The van der Waals surface area contributed by atoms with Crippen LogP contribution in [0.15, 0.2) is 53.8 Å². The van der Waals surface area contributed by atoms with Gasteiger partial charge in [0.2, 0.25) is 21.9 Å². The molecule has 2 aliphatic rings. The molecule has 0 N–H and O–H groups in total. The second-order valence-electron chi connectivity index (χ2n) is 9.97. The van der Waals surface area contributed by atoms with Crippen LogP contribution in [0.2, 0.25) is 0 Å². The second-order valence-corrected chi connectivity index (χ2v) is 11.8. The number of benzene rings is 1.